The molecule has 0 aromatic heterocycles. The van der Waals surface area contributed by atoms with E-state index in [9.17, 15) is 4.79 Å². The fraction of sp³-hybridized carbons (Fsp3) is 0.316. The van der Waals surface area contributed by atoms with Crippen molar-refractivity contribution in [3.05, 3.63) is 70.3 Å². The van der Waals surface area contributed by atoms with Crippen molar-refractivity contribution in [3.63, 3.8) is 0 Å². The van der Waals surface area contributed by atoms with E-state index in [1.54, 1.807) is 0 Å². The van der Waals surface area contributed by atoms with E-state index >= 15 is 0 Å². The highest BCUT2D eigenvalue weighted by molar-refractivity contribution is 6.05. The smallest absolute Gasteiger partial charge is 0.167 e. The number of carbonyl (C=O) groups is 1. The summed E-state index contributed by atoms with van der Waals surface area (Å²) < 4.78 is 0. The summed E-state index contributed by atoms with van der Waals surface area (Å²) in [6, 6.07) is 15.1. The summed E-state index contributed by atoms with van der Waals surface area (Å²) >= 11 is 0. The summed E-state index contributed by atoms with van der Waals surface area (Å²) in [5.41, 5.74) is 6.53. The van der Waals surface area contributed by atoms with Gasteiger partial charge in [0, 0.05) is 17.4 Å². The van der Waals surface area contributed by atoms with E-state index in [-0.39, 0.29) is 5.92 Å². The van der Waals surface area contributed by atoms with Crippen molar-refractivity contribution in [2.75, 3.05) is 0 Å². The summed E-state index contributed by atoms with van der Waals surface area (Å²) in [4.78, 5) is 12.8. The molecule has 2 aromatic rings. The molecular formula is C19H16O. The molecule has 0 N–H and O–H groups in total. The molecule has 0 saturated heterocycles. The number of hydrogen-bond donors (Lipinski definition) is 0. The highest BCUT2D eigenvalue weighted by atomic mass is 16.1. The Morgan fingerprint density at radius 1 is 0.900 bits per heavy atom. The minimum absolute atomic E-state index is 0.215. The standard InChI is InChI=1S/C19H16O/c1-10-6-7-13-14(8-10)17-15-9-16(18(17)19(13)20)12-5-3-2-4-11(12)15/h2-8,15-18H,9H2,1H3/t15-,16+,17-,18+/m1/s1. The third kappa shape index (κ3) is 1.09. The maximum absolute atomic E-state index is 12.8. The first-order valence-corrected chi connectivity index (χ1v) is 7.49. The average Bonchev–Trinajstić information content (AvgIpc) is 3.10. The van der Waals surface area contributed by atoms with E-state index in [0.717, 1.165) is 5.56 Å². The first kappa shape index (κ1) is 10.8. The van der Waals surface area contributed by atoms with Crippen LogP contribution in [0.4, 0.5) is 0 Å². The van der Waals surface area contributed by atoms with Gasteiger partial charge in [0.25, 0.3) is 0 Å². The molecule has 0 amide bonds. The predicted octanol–water partition coefficient (Wildman–Crippen LogP) is 4.18. The number of aryl methyl sites for hydroxylation is 1. The molecule has 20 heavy (non-hydrogen) atoms. The lowest BCUT2D eigenvalue weighted by atomic mass is 9.76. The van der Waals surface area contributed by atoms with Gasteiger partial charge in [-0.05, 0) is 41.9 Å². The second kappa shape index (κ2) is 3.41. The van der Waals surface area contributed by atoms with Gasteiger partial charge in [0.15, 0.2) is 5.78 Å². The van der Waals surface area contributed by atoms with E-state index in [1.807, 2.05) is 0 Å². The van der Waals surface area contributed by atoms with Crippen LogP contribution >= 0.6 is 0 Å². The van der Waals surface area contributed by atoms with Crippen LogP contribution in [0.5, 0.6) is 0 Å². The molecule has 0 unspecified atom stereocenters. The fourth-order valence-corrected chi connectivity index (χ4v) is 5.01. The van der Waals surface area contributed by atoms with Crippen LogP contribution in [-0.2, 0) is 0 Å². The minimum atomic E-state index is 0.215. The van der Waals surface area contributed by atoms with Crippen molar-refractivity contribution in [2.45, 2.75) is 31.1 Å². The molecule has 2 aromatic carbocycles. The number of carbonyl (C=O) groups excluding carboxylic acids is 1. The van der Waals surface area contributed by atoms with Crippen LogP contribution in [0.2, 0.25) is 0 Å². The molecule has 2 bridgehead atoms. The average molecular weight is 260 g/mol. The van der Waals surface area contributed by atoms with Gasteiger partial charge >= 0.3 is 0 Å². The van der Waals surface area contributed by atoms with E-state index in [0.29, 0.717) is 23.5 Å². The molecule has 98 valence electrons. The number of hydrogen-bond acceptors (Lipinski definition) is 1. The first-order chi connectivity index (χ1) is 9.75. The van der Waals surface area contributed by atoms with Crippen LogP contribution in [-0.4, -0.2) is 5.78 Å². The molecular weight excluding hydrogens is 244 g/mol. The zero-order chi connectivity index (χ0) is 13.4. The van der Waals surface area contributed by atoms with Crippen molar-refractivity contribution in [3.8, 4) is 0 Å². The summed E-state index contributed by atoms with van der Waals surface area (Å²) in [7, 11) is 0. The van der Waals surface area contributed by atoms with Crippen LogP contribution in [0, 0.1) is 12.8 Å². The van der Waals surface area contributed by atoms with Crippen LogP contribution in [0.3, 0.4) is 0 Å². The molecule has 0 aliphatic heterocycles. The molecule has 3 aliphatic rings. The van der Waals surface area contributed by atoms with E-state index in [2.05, 4.69) is 49.4 Å². The van der Waals surface area contributed by atoms with Gasteiger partial charge in [-0.1, -0.05) is 48.0 Å². The number of fused-ring (bicyclic) bond motifs is 10. The Labute approximate surface area is 118 Å². The van der Waals surface area contributed by atoms with Crippen molar-refractivity contribution >= 4 is 5.78 Å². The Balaban J connectivity index is 1.75. The minimum Gasteiger partial charge on any atom is -0.294 e. The first-order valence-electron chi connectivity index (χ1n) is 7.49. The SMILES string of the molecule is Cc1ccc2c(c1)[C@H]1[C@@H](C2=O)[C@H]2C[C@@H]1c1ccccc12. The molecule has 0 spiro atoms. The summed E-state index contributed by atoms with van der Waals surface area (Å²) in [5, 5.41) is 0. The normalized spacial score (nSPS) is 32.1. The Bertz CT molecular complexity index is 758. The quantitative estimate of drug-likeness (QED) is 0.694. The molecule has 1 fully saturated rings. The number of ketones is 1. The van der Waals surface area contributed by atoms with Gasteiger partial charge < -0.3 is 0 Å². The number of benzene rings is 2. The van der Waals surface area contributed by atoms with Crippen LogP contribution in [0.25, 0.3) is 0 Å². The van der Waals surface area contributed by atoms with Crippen molar-refractivity contribution in [2.24, 2.45) is 5.92 Å². The maximum Gasteiger partial charge on any atom is 0.167 e. The third-order valence-electron chi connectivity index (χ3n) is 5.69. The third-order valence-corrected chi connectivity index (χ3v) is 5.69. The Morgan fingerprint density at radius 3 is 2.35 bits per heavy atom. The molecule has 1 saturated carbocycles. The van der Waals surface area contributed by atoms with Gasteiger partial charge in [-0.15, -0.1) is 0 Å². The second-order valence-electron chi connectivity index (χ2n) is 6.58. The predicted molar refractivity (Wildman–Crippen MR) is 78.3 cm³/mol. The molecule has 1 nitrogen and oxygen atoms in total. The summed E-state index contributed by atoms with van der Waals surface area (Å²) in [5.74, 6) is 2.07. The second-order valence-corrected chi connectivity index (χ2v) is 6.58. The lowest BCUT2D eigenvalue weighted by Gasteiger charge is -2.26. The van der Waals surface area contributed by atoms with Gasteiger partial charge in [0.05, 0.1) is 0 Å². The molecule has 0 heterocycles. The van der Waals surface area contributed by atoms with Gasteiger partial charge in [0.1, 0.15) is 0 Å². The van der Waals surface area contributed by atoms with Gasteiger partial charge in [-0.2, -0.15) is 0 Å². The van der Waals surface area contributed by atoms with Crippen molar-refractivity contribution in [1.29, 1.82) is 0 Å². The topological polar surface area (TPSA) is 17.1 Å². The Hall–Kier alpha value is -1.89. The Kier molecular flexibility index (Phi) is 1.85. The van der Waals surface area contributed by atoms with Crippen molar-refractivity contribution < 1.29 is 4.79 Å². The summed E-state index contributed by atoms with van der Waals surface area (Å²) in [6.07, 6.45) is 1.17. The molecule has 4 atom stereocenters. The fourth-order valence-electron chi connectivity index (χ4n) is 5.01. The van der Waals surface area contributed by atoms with Gasteiger partial charge in [0.2, 0.25) is 0 Å². The highest BCUT2D eigenvalue weighted by Gasteiger charge is 2.57. The zero-order valence-electron chi connectivity index (χ0n) is 11.5. The number of Topliss-reactive ketones (excluding diaryl/α,β-unsaturated/α-hetero) is 1. The molecule has 3 aliphatic carbocycles. The maximum atomic E-state index is 12.8. The zero-order valence-corrected chi connectivity index (χ0v) is 11.5. The van der Waals surface area contributed by atoms with Crippen LogP contribution < -0.4 is 0 Å². The largest absolute Gasteiger partial charge is 0.294 e. The monoisotopic (exact) mass is 260 g/mol. The molecule has 5 rings (SSSR count). The van der Waals surface area contributed by atoms with Crippen molar-refractivity contribution in [1.82, 2.24) is 0 Å². The van der Waals surface area contributed by atoms with E-state index in [4.69, 9.17) is 0 Å². The lowest BCUT2D eigenvalue weighted by molar-refractivity contribution is 0.0918. The van der Waals surface area contributed by atoms with Gasteiger partial charge in [-0.25, -0.2) is 0 Å². The number of rotatable bonds is 0. The molecule has 1 heteroatoms. The van der Waals surface area contributed by atoms with E-state index < -0.39 is 0 Å². The Morgan fingerprint density at radius 2 is 1.60 bits per heavy atom. The van der Waals surface area contributed by atoms with Crippen LogP contribution in [0.15, 0.2) is 42.5 Å². The lowest BCUT2D eigenvalue weighted by Crippen LogP contribution is -2.20. The van der Waals surface area contributed by atoms with Gasteiger partial charge in [-0.3, -0.25) is 4.79 Å². The highest BCUT2D eigenvalue weighted by Crippen LogP contribution is 2.66. The molecule has 0 radical (unpaired) electrons. The van der Waals surface area contributed by atoms with E-state index in [1.165, 1.54) is 28.7 Å². The van der Waals surface area contributed by atoms with Crippen LogP contribution in [0.1, 0.15) is 56.8 Å². The summed E-state index contributed by atoms with van der Waals surface area (Å²) in [6.45, 7) is 2.12.